The summed E-state index contributed by atoms with van der Waals surface area (Å²) in [6.07, 6.45) is 0. The Balaban J connectivity index is 1.61. The molecule has 0 bridgehead atoms. The summed E-state index contributed by atoms with van der Waals surface area (Å²) in [5, 5.41) is 21.2. The molecule has 11 heteroatoms. The molecule has 148 valence electrons. The number of hydrogen-bond acceptors (Lipinski definition) is 9. The Kier molecular flexibility index (Phi) is 6.19. The summed E-state index contributed by atoms with van der Waals surface area (Å²) in [4.78, 5) is 34.1. The summed E-state index contributed by atoms with van der Waals surface area (Å²) in [5.74, 6) is -0.782. The third-order valence-electron chi connectivity index (χ3n) is 3.66. The van der Waals surface area contributed by atoms with E-state index in [1.165, 1.54) is 31.4 Å². The van der Waals surface area contributed by atoms with Gasteiger partial charge in [0, 0.05) is 17.7 Å². The molecular weight excluding hydrogens is 400 g/mol. The van der Waals surface area contributed by atoms with Crippen molar-refractivity contribution in [1.29, 1.82) is 0 Å². The van der Waals surface area contributed by atoms with Gasteiger partial charge in [-0.1, -0.05) is 23.9 Å². The number of ether oxygens (including phenoxy) is 1. The second kappa shape index (κ2) is 8.97. The largest absolute Gasteiger partial charge is 0.465 e. The van der Waals surface area contributed by atoms with E-state index in [9.17, 15) is 19.7 Å². The number of amides is 1. The molecule has 29 heavy (non-hydrogen) atoms. The average molecular weight is 414 g/mol. The minimum atomic E-state index is -0.557. The third-order valence-corrected chi connectivity index (χ3v) is 4.48. The normalized spacial score (nSPS) is 10.4. The minimum Gasteiger partial charge on any atom is -0.465 e. The molecule has 1 amide bonds. The van der Waals surface area contributed by atoms with E-state index in [-0.39, 0.29) is 34.0 Å². The van der Waals surface area contributed by atoms with Gasteiger partial charge in [-0.05, 0) is 24.3 Å². The Hall–Kier alpha value is -3.73. The van der Waals surface area contributed by atoms with E-state index in [2.05, 4.69) is 20.3 Å². The van der Waals surface area contributed by atoms with Crippen LogP contribution in [0.5, 0.6) is 0 Å². The highest BCUT2D eigenvalue weighted by molar-refractivity contribution is 7.99. The Morgan fingerprint density at radius 2 is 1.90 bits per heavy atom. The lowest BCUT2D eigenvalue weighted by molar-refractivity contribution is -0.384. The lowest BCUT2D eigenvalue weighted by Gasteiger charge is -2.08. The van der Waals surface area contributed by atoms with Crippen molar-refractivity contribution in [3.63, 3.8) is 0 Å². The zero-order valence-corrected chi connectivity index (χ0v) is 15.8. The van der Waals surface area contributed by atoms with E-state index in [0.29, 0.717) is 11.3 Å². The average Bonchev–Trinajstić information content (AvgIpc) is 3.21. The predicted octanol–water partition coefficient (Wildman–Crippen LogP) is 3.16. The lowest BCUT2D eigenvalue weighted by atomic mass is 10.2. The zero-order valence-electron chi connectivity index (χ0n) is 15.0. The smallest absolute Gasteiger partial charge is 0.339 e. The van der Waals surface area contributed by atoms with Crippen LogP contribution in [0.25, 0.3) is 11.5 Å². The van der Waals surface area contributed by atoms with E-state index < -0.39 is 10.9 Å². The van der Waals surface area contributed by atoms with Gasteiger partial charge in [0.05, 0.1) is 29.0 Å². The van der Waals surface area contributed by atoms with Crippen LogP contribution >= 0.6 is 11.8 Å². The number of aromatic nitrogens is 2. The fourth-order valence-electron chi connectivity index (χ4n) is 2.30. The maximum absolute atomic E-state index is 12.2. The molecular formula is C18H14N4O6S. The van der Waals surface area contributed by atoms with Crippen LogP contribution in [-0.2, 0) is 9.53 Å². The number of non-ortho nitro benzene ring substituents is 1. The van der Waals surface area contributed by atoms with Gasteiger partial charge in [0.2, 0.25) is 11.8 Å². The Labute approximate surface area is 168 Å². The summed E-state index contributed by atoms with van der Waals surface area (Å²) in [6.45, 7) is 0. The Morgan fingerprint density at radius 3 is 2.59 bits per heavy atom. The number of nitro groups is 1. The lowest BCUT2D eigenvalue weighted by Crippen LogP contribution is -2.17. The molecule has 0 spiro atoms. The van der Waals surface area contributed by atoms with Crippen molar-refractivity contribution in [1.82, 2.24) is 10.2 Å². The first-order valence-corrected chi connectivity index (χ1v) is 9.15. The van der Waals surface area contributed by atoms with Crippen molar-refractivity contribution < 1.29 is 23.7 Å². The van der Waals surface area contributed by atoms with Crippen molar-refractivity contribution in [2.24, 2.45) is 0 Å². The van der Waals surface area contributed by atoms with E-state index in [0.717, 1.165) is 11.8 Å². The number of rotatable bonds is 7. The SMILES string of the molecule is COC(=O)c1ccccc1NC(=O)CSc1nnc(-c2ccc([N+](=O)[O-])cc2)o1. The molecule has 0 aliphatic heterocycles. The van der Waals surface area contributed by atoms with Crippen LogP contribution in [0, 0.1) is 10.1 Å². The monoisotopic (exact) mass is 414 g/mol. The zero-order chi connectivity index (χ0) is 20.8. The fourth-order valence-corrected chi connectivity index (χ4v) is 2.87. The van der Waals surface area contributed by atoms with Gasteiger partial charge >= 0.3 is 5.97 Å². The summed E-state index contributed by atoms with van der Waals surface area (Å²) >= 11 is 1.01. The van der Waals surface area contributed by atoms with Crippen molar-refractivity contribution in [3.8, 4) is 11.5 Å². The molecule has 0 aliphatic carbocycles. The number of hydrogen-bond donors (Lipinski definition) is 1. The van der Waals surface area contributed by atoms with Gasteiger partial charge in [0.25, 0.3) is 10.9 Å². The molecule has 3 aromatic rings. The van der Waals surface area contributed by atoms with Gasteiger partial charge in [-0.3, -0.25) is 14.9 Å². The number of nitrogens with one attached hydrogen (secondary N) is 1. The molecule has 0 saturated heterocycles. The number of nitrogens with zero attached hydrogens (tertiary/aromatic N) is 3. The van der Waals surface area contributed by atoms with Crippen LogP contribution in [0.2, 0.25) is 0 Å². The van der Waals surface area contributed by atoms with E-state index in [4.69, 9.17) is 4.42 Å². The number of carbonyl (C=O) groups is 2. The summed E-state index contributed by atoms with van der Waals surface area (Å²) in [5.41, 5.74) is 1.05. The van der Waals surface area contributed by atoms with Crippen LogP contribution in [-0.4, -0.2) is 39.9 Å². The van der Waals surface area contributed by atoms with Crippen molar-refractivity contribution >= 4 is 35.0 Å². The maximum Gasteiger partial charge on any atom is 0.339 e. The number of thioether (sulfide) groups is 1. The minimum absolute atomic E-state index is 0.0304. The number of carbonyl (C=O) groups excluding carboxylic acids is 2. The van der Waals surface area contributed by atoms with Crippen LogP contribution in [0.4, 0.5) is 11.4 Å². The van der Waals surface area contributed by atoms with Gasteiger partial charge in [0.1, 0.15) is 0 Å². The number of para-hydroxylation sites is 1. The molecule has 1 heterocycles. The van der Waals surface area contributed by atoms with Crippen LogP contribution in [0.1, 0.15) is 10.4 Å². The molecule has 0 fully saturated rings. The van der Waals surface area contributed by atoms with Gasteiger partial charge in [-0.2, -0.15) is 0 Å². The molecule has 0 aliphatic rings. The number of esters is 1. The van der Waals surface area contributed by atoms with Crippen LogP contribution in [0.3, 0.4) is 0 Å². The first-order valence-electron chi connectivity index (χ1n) is 8.16. The van der Waals surface area contributed by atoms with Crippen LogP contribution < -0.4 is 5.32 Å². The highest BCUT2D eigenvalue weighted by atomic mass is 32.2. The second-order valence-corrected chi connectivity index (χ2v) is 6.48. The topological polar surface area (TPSA) is 137 Å². The summed E-state index contributed by atoms with van der Waals surface area (Å²) in [6, 6.07) is 12.1. The standard InChI is InChI=1S/C18H14N4O6S/c1-27-17(24)13-4-2-3-5-14(13)19-15(23)10-29-18-21-20-16(28-18)11-6-8-12(9-7-11)22(25)26/h2-9H,10H2,1H3,(H,19,23). The Bertz CT molecular complexity index is 1050. The maximum atomic E-state index is 12.2. The number of anilines is 1. The van der Waals surface area contributed by atoms with Crippen molar-refractivity contribution in [3.05, 3.63) is 64.2 Å². The summed E-state index contributed by atoms with van der Waals surface area (Å²) in [7, 11) is 1.26. The molecule has 1 aromatic heterocycles. The van der Waals surface area contributed by atoms with Crippen molar-refractivity contribution in [2.45, 2.75) is 5.22 Å². The second-order valence-electron chi connectivity index (χ2n) is 5.55. The fraction of sp³-hybridized carbons (Fsp3) is 0.111. The molecule has 10 nitrogen and oxygen atoms in total. The molecule has 0 saturated carbocycles. The first kappa shape index (κ1) is 20.0. The van der Waals surface area contributed by atoms with Gasteiger partial charge in [-0.15, -0.1) is 10.2 Å². The summed E-state index contributed by atoms with van der Waals surface area (Å²) < 4.78 is 10.2. The predicted molar refractivity (Wildman–Crippen MR) is 104 cm³/mol. The molecule has 0 radical (unpaired) electrons. The Morgan fingerprint density at radius 1 is 1.17 bits per heavy atom. The van der Waals surface area contributed by atoms with Gasteiger partial charge in [-0.25, -0.2) is 4.79 Å². The quantitative estimate of drug-likeness (QED) is 0.267. The number of benzene rings is 2. The molecule has 2 aromatic carbocycles. The first-order chi connectivity index (χ1) is 14.0. The third kappa shape index (κ3) is 4.96. The highest BCUT2D eigenvalue weighted by Gasteiger charge is 2.15. The molecule has 3 rings (SSSR count). The molecule has 0 unspecified atom stereocenters. The van der Waals surface area contributed by atoms with E-state index >= 15 is 0 Å². The van der Waals surface area contributed by atoms with Gasteiger partial charge < -0.3 is 14.5 Å². The highest BCUT2D eigenvalue weighted by Crippen LogP contribution is 2.25. The van der Waals surface area contributed by atoms with E-state index in [1.807, 2.05) is 0 Å². The van der Waals surface area contributed by atoms with Crippen LogP contribution in [0.15, 0.2) is 58.2 Å². The van der Waals surface area contributed by atoms with Gasteiger partial charge in [0.15, 0.2) is 0 Å². The molecule has 0 atom stereocenters. The van der Waals surface area contributed by atoms with E-state index in [1.54, 1.807) is 24.3 Å². The number of nitro benzene ring substituents is 1. The molecule has 1 N–H and O–H groups in total. The number of methoxy groups -OCH3 is 1. The van der Waals surface area contributed by atoms with Crippen molar-refractivity contribution in [2.75, 3.05) is 18.2 Å².